The normalized spacial score (nSPS) is 12.5. The molecule has 2 rings (SSSR count). The van der Waals surface area contributed by atoms with Crippen LogP contribution in [0.3, 0.4) is 0 Å². The average Bonchev–Trinajstić information content (AvgIpc) is 2.44. The van der Waals surface area contributed by atoms with Crippen LogP contribution in [0.4, 0.5) is 4.39 Å². The maximum absolute atomic E-state index is 13.9. The van der Waals surface area contributed by atoms with Gasteiger partial charge in [-0.1, -0.05) is 50.9 Å². The van der Waals surface area contributed by atoms with Crippen molar-refractivity contribution < 1.29 is 4.39 Å². The molecule has 0 radical (unpaired) electrons. The molecule has 0 aliphatic heterocycles. The molecule has 0 bridgehead atoms. The summed E-state index contributed by atoms with van der Waals surface area (Å²) >= 11 is 7.20. The number of halogens is 3. The molecule has 0 amide bonds. The molecule has 0 saturated carbocycles. The number of nitrogens with one attached hydrogen (secondary N) is 1. The fraction of sp³-hybridized carbons (Fsp3) is 0.294. The van der Waals surface area contributed by atoms with Crippen molar-refractivity contribution in [3.8, 4) is 0 Å². The van der Waals surface area contributed by atoms with Gasteiger partial charge in [-0.3, -0.25) is 0 Å². The first-order valence-corrected chi connectivity index (χ1v) is 8.47. The van der Waals surface area contributed by atoms with Crippen LogP contribution in [0.2, 0.25) is 0 Å². The summed E-state index contributed by atoms with van der Waals surface area (Å²) < 4.78 is 16.0. The lowest BCUT2D eigenvalue weighted by molar-refractivity contribution is 0.596. The molecule has 0 aromatic heterocycles. The Hall–Kier alpha value is -0.710. The van der Waals surface area contributed by atoms with Gasteiger partial charge in [0.05, 0.1) is 6.04 Å². The first-order chi connectivity index (χ1) is 9.93. The van der Waals surface area contributed by atoms with E-state index in [2.05, 4.69) is 56.2 Å². The van der Waals surface area contributed by atoms with Gasteiger partial charge in [-0.05, 0) is 60.8 Å². The molecular formula is C17H18Br2FN. The summed E-state index contributed by atoms with van der Waals surface area (Å²) in [6, 6.07) is 9.54. The molecule has 112 valence electrons. The van der Waals surface area contributed by atoms with Crippen LogP contribution in [0.5, 0.6) is 0 Å². The van der Waals surface area contributed by atoms with E-state index in [9.17, 15) is 4.39 Å². The van der Waals surface area contributed by atoms with Crippen LogP contribution in [-0.4, -0.2) is 6.54 Å². The van der Waals surface area contributed by atoms with Crippen molar-refractivity contribution in [2.24, 2.45) is 0 Å². The van der Waals surface area contributed by atoms with Gasteiger partial charge in [0.25, 0.3) is 0 Å². The van der Waals surface area contributed by atoms with Gasteiger partial charge in [-0.25, -0.2) is 4.39 Å². The van der Waals surface area contributed by atoms with Crippen molar-refractivity contribution in [2.45, 2.75) is 26.8 Å². The van der Waals surface area contributed by atoms with Crippen LogP contribution in [0.25, 0.3) is 0 Å². The Morgan fingerprint density at radius 1 is 1.05 bits per heavy atom. The van der Waals surface area contributed by atoms with Crippen LogP contribution >= 0.6 is 31.9 Å². The van der Waals surface area contributed by atoms with E-state index in [1.807, 2.05) is 19.1 Å². The van der Waals surface area contributed by atoms with Gasteiger partial charge in [0.1, 0.15) is 5.82 Å². The molecular weight excluding hydrogens is 397 g/mol. The first-order valence-electron chi connectivity index (χ1n) is 6.89. The highest BCUT2D eigenvalue weighted by Crippen LogP contribution is 2.33. The zero-order chi connectivity index (χ0) is 15.6. The standard InChI is InChI=1S/C17H18Br2FN/c1-4-21-17(12-6-5-10(2)16(20)8-12)13-9-14(18)11(3)7-15(13)19/h5-9,17,21H,4H2,1-3H3. The van der Waals surface area contributed by atoms with E-state index in [4.69, 9.17) is 0 Å². The lowest BCUT2D eigenvalue weighted by Gasteiger charge is -2.21. The number of rotatable bonds is 4. The van der Waals surface area contributed by atoms with E-state index in [1.165, 1.54) is 0 Å². The highest BCUT2D eigenvalue weighted by molar-refractivity contribution is 9.11. The third-order valence-electron chi connectivity index (χ3n) is 3.53. The van der Waals surface area contributed by atoms with Gasteiger partial charge in [-0.2, -0.15) is 0 Å². The molecule has 0 spiro atoms. The number of hydrogen-bond acceptors (Lipinski definition) is 1. The average molecular weight is 415 g/mol. The second kappa shape index (κ2) is 7.03. The monoisotopic (exact) mass is 413 g/mol. The maximum Gasteiger partial charge on any atom is 0.126 e. The fourth-order valence-electron chi connectivity index (χ4n) is 2.28. The van der Waals surface area contributed by atoms with E-state index in [0.29, 0.717) is 5.56 Å². The molecule has 0 aliphatic rings. The second-order valence-corrected chi connectivity index (χ2v) is 6.83. The van der Waals surface area contributed by atoms with Crippen LogP contribution in [0, 0.1) is 19.7 Å². The molecule has 0 saturated heterocycles. The van der Waals surface area contributed by atoms with Gasteiger partial charge < -0.3 is 5.32 Å². The van der Waals surface area contributed by atoms with Gasteiger partial charge in [0.15, 0.2) is 0 Å². The highest BCUT2D eigenvalue weighted by atomic mass is 79.9. The van der Waals surface area contributed by atoms with Crippen molar-refractivity contribution in [1.82, 2.24) is 5.32 Å². The van der Waals surface area contributed by atoms with Crippen LogP contribution < -0.4 is 5.32 Å². The summed E-state index contributed by atoms with van der Waals surface area (Å²) in [6.07, 6.45) is 0. The third kappa shape index (κ3) is 3.74. The van der Waals surface area contributed by atoms with E-state index >= 15 is 0 Å². The van der Waals surface area contributed by atoms with Gasteiger partial charge in [0, 0.05) is 8.95 Å². The minimum Gasteiger partial charge on any atom is -0.306 e. The molecule has 0 heterocycles. The topological polar surface area (TPSA) is 12.0 Å². The maximum atomic E-state index is 13.9. The summed E-state index contributed by atoms with van der Waals surface area (Å²) in [4.78, 5) is 0. The van der Waals surface area contributed by atoms with Gasteiger partial charge in [-0.15, -0.1) is 0 Å². The Morgan fingerprint density at radius 3 is 2.38 bits per heavy atom. The Labute approximate surface area is 142 Å². The molecule has 21 heavy (non-hydrogen) atoms. The second-order valence-electron chi connectivity index (χ2n) is 5.12. The zero-order valence-electron chi connectivity index (χ0n) is 12.3. The van der Waals surface area contributed by atoms with Crippen LogP contribution in [-0.2, 0) is 0 Å². The number of hydrogen-bond donors (Lipinski definition) is 1. The summed E-state index contributed by atoms with van der Waals surface area (Å²) in [6.45, 7) is 6.68. The van der Waals surface area contributed by atoms with Crippen molar-refractivity contribution in [2.75, 3.05) is 6.54 Å². The molecule has 1 unspecified atom stereocenters. The summed E-state index contributed by atoms with van der Waals surface area (Å²) in [7, 11) is 0. The summed E-state index contributed by atoms with van der Waals surface area (Å²) in [5, 5.41) is 3.43. The molecule has 2 aromatic carbocycles. The quantitative estimate of drug-likeness (QED) is 0.679. The summed E-state index contributed by atoms with van der Waals surface area (Å²) in [5.74, 6) is -0.169. The van der Waals surface area contributed by atoms with Crippen LogP contribution in [0.15, 0.2) is 39.3 Å². The van der Waals surface area contributed by atoms with Crippen molar-refractivity contribution in [1.29, 1.82) is 0 Å². The predicted octanol–water partition coefficient (Wildman–Crippen LogP) is 5.67. The van der Waals surface area contributed by atoms with Crippen molar-refractivity contribution in [3.63, 3.8) is 0 Å². The minimum atomic E-state index is -0.169. The molecule has 2 aromatic rings. The van der Waals surface area contributed by atoms with Gasteiger partial charge in [0.2, 0.25) is 0 Å². The Morgan fingerprint density at radius 2 is 1.76 bits per heavy atom. The smallest absolute Gasteiger partial charge is 0.126 e. The molecule has 4 heteroatoms. The summed E-state index contributed by atoms with van der Waals surface area (Å²) in [5.41, 5.74) is 3.85. The van der Waals surface area contributed by atoms with E-state index < -0.39 is 0 Å². The zero-order valence-corrected chi connectivity index (χ0v) is 15.5. The van der Waals surface area contributed by atoms with Crippen LogP contribution in [0.1, 0.15) is 35.2 Å². The minimum absolute atomic E-state index is 0.0450. The fourth-order valence-corrected chi connectivity index (χ4v) is 3.33. The Bertz CT molecular complexity index is 655. The number of aryl methyl sites for hydroxylation is 2. The van der Waals surface area contributed by atoms with E-state index in [0.717, 1.165) is 32.2 Å². The predicted molar refractivity (Wildman–Crippen MR) is 93.2 cm³/mol. The largest absolute Gasteiger partial charge is 0.306 e. The molecule has 0 fully saturated rings. The molecule has 0 aliphatic carbocycles. The van der Waals surface area contributed by atoms with Crippen molar-refractivity contribution in [3.05, 3.63) is 67.3 Å². The van der Waals surface area contributed by atoms with E-state index in [-0.39, 0.29) is 11.9 Å². The van der Waals surface area contributed by atoms with Gasteiger partial charge >= 0.3 is 0 Å². The highest BCUT2D eigenvalue weighted by Gasteiger charge is 2.18. The van der Waals surface area contributed by atoms with Crippen molar-refractivity contribution >= 4 is 31.9 Å². The third-order valence-corrected chi connectivity index (χ3v) is 5.07. The van der Waals surface area contributed by atoms with E-state index in [1.54, 1.807) is 13.0 Å². The lowest BCUT2D eigenvalue weighted by Crippen LogP contribution is -2.22. The molecule has 1 atom stereocenters. The number of benzene rings is 2. The lowest BCUT2D eigenvalue weighted by atomic mass is 9.96. The first kappa shape index (κ1) is 16.7. The molecule has 1 N–H and O–H groups in total. The Balaban J connectivity index is 2.52. The Kier molecular flexibility index (Phi) is 5.58. The molecule has 1 nitrogen and oxygen atoms in total. The SMILES string of the molecule is CCNC(c1ccc(C)c(F)c1)c1cc(Br)c(C)cc1Br.